The lowest BCUT2D eigenvalue weighted by molar-refractivity contribution is 0.171. The second-order valence-corrected chi connectivity index (χ2v) is 8.55. The lowest BCUT2D eigenvalue weighted by atomic mass is 9.68. The Hall–Kier alpha value is -0.760. The van der Waals surface area contributed by atoms with E-state index in [-0.39, 0.29) is 0 Å². The molecule has 3 rings (SSSR count). The van der Waals surface area contributed by atoms with Gasteiger partial charge in [-0.15, -0.1) is 0 Å². The summed E-state index contributed by atoms with van der Waals surface area (Å²) in [6, 6.07) is 8.92. The second-order valence-electron chi connectivity index (χ2n) is 8.02. The molecule has 0 atom stereocenters. The normalized spacial score (nSPS) is 30.5. The van der Waals surface area contributed by atoms with Gasteiger partial charge in [-0.05, 0) is 104 Å². The molecule has 2 aliphatic carbocycles. The quantitative estimate of drug-likeness (QED) is 0.477. The predicted octanol–water partition coefficient (Wildman–Crippen LogP) is 7.46. The Morgan fingerprint density at radius 2 is 1.52 bits per heavy atom. The molecule has 2 heteroatoms. The van der Waals surface area contributed by atoms with Gasteiger partial charge in [0.1, 0.15) is 5.75 Å². The molecule has 0 heterocycles. The summed E-state index contributed by atoms with van der Waals surface area (Å²) in [6.07, 6.45) is 14.7. The molecule has 0 saturated heterocycles. The van der Waals surface area contributed by atoms with Crippen molar-refractivity contribution in [1.82, 2.24) is 0 Å². The molecule has 0 N–H and O–H groups in total. The number of allylic oxidation sites excluding steroid dienone is 1. The standard InChI is InChI=1S/C23H33BrO/c1-2-17-25-23-13-11-22(12-14-23)21-9-7-20(8-10-21)19-5-3-18(4-6-19)15-16-24/h11-16,18-21H,2-10,17H2,1H3. The van der Waals surface area contributed by atoms with E-state index in [1.807, 2.05) is 0 Å². The third-order valence-electron chi connectivity index (χ3n) is 6.42. The molecule has 138 valence electrons. The van der Waals surface area contributed by atoms with Crippen LogP contribution in [-0.2, 0) is 0 Å². The van der Waals surface area contributed by atoms with Crippen molar-refractivity contribution in [3.63, 3.8) is 0 Å². The highest BCUT2D eigenvalue weighted by Crippen LogP contribution is 2.44. The van der Waals surface area contributed by atoms with E-state index in [0.717, 1.165) is 42.4 Å². The molecule has 0 bridgehead atoms. The van der Waals surface area contributed by atoms with Gasteiger partial charge in [0.2, 0.25) is 0 Å². The molecule has 0 spiro atoms. The summed E-state index contributed by atoms with van der Waals surface area (Å²) in [6.45, 7) is 2.97. The zero-order chi connectivity index (χ0) is 17.5. The van der Waals surface area contributed by atoms with Crippen LogP contribution in [0.2, 0.25) is 0 Å². The molecular weight excluding hydrogens is 372 g/mol. The highest BCUT2D eigenvalue weighted by molar-refractivity contribution is 9.11. The van der Waals surface area contributed by atoms with Crippen molar-refractivity contribution in [1.29, 1.82) is 0 Å². The summed E-state index contributed by atoms with van der Waals surface area (Å²) in [5.41, 5.74) is 1.52. The van der Waals surface area contributed by atoms with Crippen molar-refractivity contribution < 1.29 is 4.74 Å². The Bertz CT molecular complexity index is 520. The van der Waals surface area contributed by atoms with Crippen LogP contribution in [0, 0.1) is 17.8 Å². The molecule has 0 amide bonds. The number of rotatable bonds is 6. The summed E-state index contributed by atoms with van der Waals surface area (Å²) in [7, 11) is 0. The molecule has 25 heavy (non-hydrogen) atoms. The number of ether oxygens (including phenoxy) is 1. The molecule has 0 radical (unpaired) electrons. The zero-order valence-corrected chi connectivity index (χ0v) is 17.2. The fraction of sp³-hybridized carbons (Fsp3) is 0.652. The molecule has 1 nitrogen and oxygen atoms in total. The topological polar surface area (TPSA) is 9.23 Å². The van der Waals surface area contributed by atoms with Gasteiger partial charge in [0, 0.05) is 0 Å². The van der Waals surface area contributed by atoms with Crippen LogP contribution >= 0.6 is 15.9 Å². The first-order valence-corrected chi connectivity index (χ1v) is 11.2. The van der Waals surface area contributed by atoms with Crippen molar-refractivity contribution in [2.45, 2.75) is 70.6 Å². The summed E-state index contributed by atoms with van der Waals surface area (Å²) in [5.74, 6) is 4.58. The van der Waals surface area contributed by atoms with E-state index in [4.69, 9.17) is 4.74 Å². The Balaban J connectivity index is 1.45. The van der Waals surface area contributed by atoms with Crippen molar-refractivity contribution in [3.8, 4) is 5.75 Å². The highest BCUT2D eigenvalue weighted by atomic mass is 79.9. The SMILES string of the molecule is CCCOc1ccc(C2CCC(C3CCC(C=CBr)CC3)CC2)cc1. The third kappa shape index (κ3) is 5.36. The largest absolute Gasteiger partial charge is 0.494 e. The number of hydrogen-bond donors (Lipinski definition) is 0. The zero-order valence-electron chi connectivity index (χ0n) is 15.6. The Labute approximate surface area is 162 Å². The molecule has 2 fully saturated rings. The molecule has 2 aliphatic rings. The van der Waals surface area contributed by atoms with Crippen LogP contribution in [0.15, 0.2) is 35.3 Å². The van der Waals surface area contributed by atoms with Gasteiger partial charge in [0.15, 0.2) is 0 Å². The average molecular weight is 405 g/mol. The fourth-order valence-corrected chi connectivity index (χ4v) is 5.32. The summed E-state index contributed by atoms with van der Waals surface area (Å²) in [5, 5.41) is 0. The molecule has 1 aromatic rings. The van der Waals surface area contributed by atoms with Crippen LogP contribution in [0.1, 0.15) is 76.2 Å². The minimum absolute atomic E-state index is 0.768. The fourth-order valence-electron chi connectivity index (χ4n) is 4.89. The maximum Gasteiger partial charge on any atom is 0.119 e. The second kappa shape index (κ2) is 9.80. The Morgan fingerprint density at radius 3 is 2.08 bits per heavy atom. The first-order valence-electron chi connectivity index (χ1n) is 10.3. The maximum absolute atomic E-state index is 5.71. The van der Waals surface area contributed by atoms with Crippen molar-refractivity contribution >= 4 is 15.9 Å². The van der Waals surface area contributed by atoms with E-state index in [1.54, 1.807) is 0 Å². The third-order valence-corrected chi connectivity index (χ3v) is 6.73. The van der Waals surface area contributed by atoms with Gasteiger partial charge in [-0.25, -0.2) is 0 Å². The van der Waals surface area contributed by atoms with Crippen molar-refractivity contribution in [2.75, 3.05) is 6.61 Å². The Morgan fingerprint density at radius 1 is 0.920 bits per heavy atom. The van der Waals surface area contributed by atoms with E-state index >= 15 is 0 Å². The van der Waals surface area contributed by atoms with Gasteiger partial charge >= 0.3 is 0 Å². The minimum Gasteiger partial charge on any atom is -0.494 e. The van der Waals surface area contributed by atoms with Crippen molar-refractivity contribution in [2.24, 2.45) is 17.8 Å². The van der Waals surface area contributed by atoms with Gasteiger partial charge in [0.25, 0.3) is 0 Å². The molecule has 2 saturated carbocycles. The average Bonchev–Trinajstić information content (AvgIpc) is 2.68. The van der Waals surface area contributed by atoms with Gasteiger partial charge in [-0.2, -0.15) is 0 Å². The van der Waals surface area contributed by atoms with Crippen LogP contribution in [0.4, 0.5) is 0 Å². The van der Waals surface area contributed by atoms with Gasteiger partial charge in [-0.1, -0.05) is 41.1 Å². The lowest BCUT2D eigenvalue weighted by Gasteiger charge is -2.37. The molecule has 0 aromatic heterocycles. The number of hydrogen-bond acceptors (Lipinski definition) is 1. The minimum atomic E-state index is 0.768. The number of halogens is 1. The van der Waals surface area contributed by atoms with Gasteiger partial charge < -0.3 is 4.74 Å². The smallest absolute Gasteiger partial charge is 0.119 e. The predicted molar refractivity (Wildman–Crippen MR) is 110 cm³/mol. The molecule has 0 aliphatic heterocycles. The van der Waals surface area contributed by atoms with Crippen LogP contribution in [0.3, 0.4) is 0 Å². The number of benzene rings is 1. The van der Waals surface area contributed by atoms with Gasteiger partial charge in [0.05, 0.1) is 6.61 Å². The first kappa shape index (κ1) is 19.0. The van der Waals surface area contributed by atoms with Crippen LogP contribution in [0.25, 0.3) is 0 Å². The Kier molecular flexibility index (Phi) is 7.46. The molecule has 0 unspecified atom stereocenters. The molecule has 1 aromatic carbocycles. The van der Waals surface area contributed by atoms with E-state index in [2.05, 4.69) is 58.2 Å². The summed E-state index contributed by atoms with van der Waals surface area (Å²) in [4.78, 5) is 2.06. The lowest BCUT2D eigenvalue weighted by Crippen LogP contribution is -2.25. The van der Waals surface area contributed by atoms with E-state index in [9.17, 15) is 0 Å². The maximum atomic E-state index is 5.71. The van der Waals surface area contributed by atoms with Crippen LogP contribution in [0.5, 0.6) is 5.75 Å². The monoisotopic (exact) mass is 404 g/mol. The van der Waals surface area contributed by atoms with Gasteiger partial charge in [-0.3, -0.25) is 0 Å². The summed E-state index contributed by atoms with van der Waals surface area (Å²) >= 11 is 3.43. The van der Waals surface area contributed by atoms with E-state index < -0.39 is 0 Å². The van der Waals surface area contributed by atoms with Crippen LogP contribution < -0.4 is 4.74 Å². The van der Waals surface area contributed by atoms with E-state index in [0.29, 0.717) is 0 Å². The molecular formula is C23H33BrO. The first-order chi connectivity index (χ1) is 12.3. The highest BCUT2D eigenvalue weighted by Gasteiger charge is 2.30. The summed E-state index contributed by atoms with van der Waals surface area (Å²) < 4.78 is 5.71. The van der Waals surface area contributed by atoms with Crippen LogP contribution in [-0.4, -0.2) is 6.61 Å². The van der Waals surface area contributed by atoms with E-state index in [1.165, 1.54) is 56.9 Å². The van der Waals surface area contributed by atoms with Crippen molar-refractivity contribution in [3.05, 3.63) is 40.9 Å².